The molecule has 17 heavy (non-hydrogen) atoms. The van der Waals surface area contributed by atoms with Gasteiger partial charge in [0.05, 0.1) is 0 Å². The number of rotatable bonds is 5. The maximum atomic E-state index is 6.22. The second-order valence-corrected chi connectivity index (χ2v) is 5.77. The first-order valence-corrected chi connectivity index (χ1v) is 6.67. The molecule has 2 N–H and O–H groups in total. The number of hydrogen-bond acceptors (Lipinski definition) is 2. The molecule has 1 aliphatic carbocycles. The van der Waals surface area contributed by atoms with E-state index in [9.17, 15) is 0 Å². The fourth-order valence-electron chi connectivity index (χ4n) is 2.32. The molecule has 1 aromatic rings. The molecule has 1 fully saturated rings. The van der Waals surface area contributed by atoms with Crippen molar-refractivity contribution in [3.05, 3.63) is 34.9 Å². The minimum atomic E-state index is 0.128. The third kappa shape index (κ3) is 3.70. The lowest BCUT2D eigenvalue weighted by atomic mass is 9.75. The van der Waals surface area contributed by atoms with Crippen molar-refractivity contribution < 1.29 is 0 Å². The van der Waals surface area contributed by atoms with Gasteiger partial charge in [-0.05, 0) is 57.0 Å². The van der Waals surface area contributed by atoms with Crippen LogP contribution < -0.4 is 5.73 Å². The number of hydrogen-bond donors (Lipinski definition) is 1. The number of nitrogens with zero attached hydrogens (tertiary/aromatic N) is 1. The minimum absolute atomic E-state index is 0.128. The van der Waals surface area contributed by atoms with Crippen molar-refractivity contribution in [3.8, 4) is 0 Å². The molecule has 1 aromatic carbocycles. The van der Waals surface area contributed by atoms with Gasteiger partial charge in [0.15, 0.2) is 0 Å². The lowest BCUT2D eigenvalue weighted by Gasteiger charge is -2.39. The Kier molecular flexibility index (Phi) is 4.08. The molecule has 0 atom stereocenters. The topological polar surface area (TPSA) is 29.3 Å². The summed E-state index contributed by atoms with van der Waals surface area (Å²) in [7, 11) is 2.14. The summed E-state index contributed by atoms with van der Waals surface area (Å²) in [6.07, 6.45) is 4.79. The van der Waals surface area contributed by atoms with Crippen molar-refractivity contribution in [2.45, 2.75) is 37.8 Å². The van der Waals surface area contributed by atoms with Gasteiger partial charge in [0.1, 0.15) is 0 Å². The smallest absolute Gasteiger partial charge is 0.0409 e. The number of benzene rings is 1. The lowest BCUT2D eigenvalue weighted by Crippen LogP contribution is -2.48. The average Bonchev–Trinajstić information content (AvgIpc) is 2.24. The van der Waals surface area contributed by atoms with E-state index in [2.05, 4.69) is 18.0 Å². The first-order chi connectivity index (χ1) is 8.07. The van der Waals surface area contributed by atoms with Crippen molar-refractivity contribution in [1.82, 2.24) is 4.90 Å². The van der Waals surface area contributed by atoms with Gasteiger partial charge in [0, 0.05) is 17.1 Å². The quantitative estimate of drug-likeness (QED) is 0.873. The highest BCUT2D eigenvalue weighted by atomic mass is 35.5. The van der Waals surface area contributed by atoms with Crippen LogP contribution in [0.5, 0.6) is 0 Å². The molecule has 0 radical (unpaired) electrons. The highest BCUT2D eigenvalue weighted by Gasteiger charge is 2.31. The highest BCUT2D eigenvalue weighted by molar-refractivity contribution is 6.30. The average molecular weight is 253 g/mol. The zero-order valence-electron chi connectivity index (χ0n) is 10.5. The molecular weight excluding hydrogens is 232 g/mol. The summed E-state index contributed by atoms with van der Waals surface area (Å²) in [6.45, 7) is 2.00. The van der Waals surface area contributed by atoms with Crippen LogP contribution in [-0.4, -0.2) is 24.0 Å². The fourth-order valence-corrected chi connectivity index (χ4v) is 2.53. The van der Waals surface area contributed by atoms with Crippen LogP contribution >= 0.6 is 11.6 Å². The summed E-state index contributed by atoms with van der Waals surface area (Å²) >= 11 is 5.97. The number of nitrogens with two attached hydrogens (primary N) is 1. The van der Waals surface area contributed by atoms with Gasteiger partial charge in [0.25, 0.3) is 0 Å². The summed E-state index contributed by atoms with van der Waals surface area (Å²) in [4.78, 5) is 2.32. The zero-order valence-corrected chi connectivity index (χ0v) is 11.2. The molecular formula is C14H21ClN2. The van der Waals surface area contributed by atoms with Crippen LogP contribution in [0.2, 0.25) is 5.02 Å². The van der Waals surface area contributed by atoms with Crippen LogP contribution in [0, 0.1) is 0 Å². The van der Waals surface area contributed by atoms with Crippen LogP contribution in [0.1, 0.15) is 31.2 Å². The molecule has 0 unspecified atom stereocenters. The van der Waals surface area contributed by atoms with Crippen molar-refractivity contribution in [2.75, 3.05) is 13.6 Å². The predicted molar refractivity (Wildman–Crippen MR) is 73.2 cm³/mol. The Labute approximate surface area is 109 Å². The number of halogens is 1. The fraction of sp³-hybridized carbons (Fsp3) is 0.571. The van der Waals surface area contributed by atoms with Gasteiger partial charge in [-0.2, -0.15) is 0 Å². The van der Waals surface area contributed by atoms with Crippen molar-refractivity contribution in [3.63, 3.8) is 0 Å². The maximum Gasteiger partial charge on any atom is 0.0409 e. The van der Waals surface area contributed by atoms with E-state index in [1.165, 1.54) is 24.8 Å². The Hall–Kier alpha value is -0.570. The van der Waals surface area contributed by atoms with Crippen LogP contribution in [0.4, 0.5) is 0 Å². The van der Waals surface area contributed by atoms with Gasteiger partial charge in [0.2, 0.25) is 0 Å². The molecule has 0 amide bonds. The van der Waals surface area contributed by atoms with Crippen LogP contribution in [-0.2, 0) is 6.54 Å². The summed E-state index contributed by atoms with van der Waals surface area (Å²) < 4.78 is 0. The van der Waals surface area contributed by atoms with Gasteiger partial charge in [-0.3, -0.25) is 0 Å². The van der Waals surface area contributed by atoms with E-state index in [-0.39, 0.29) is 5.54 Å². The van der Waals surface area contributed by atoms with Crippen molar-refractivity contribution in [1.29, 1.82) is 0 Å². The van der Waals surface area contributed by atoms with E-state index in [0.29, 0.717) is 0 Å². The molecule has 0 bridgehead atoms. The van der Waals surface area contributed by atoms with Crippen LogP contribution in [0.15, 0.2) is 24.3 Å². The van der Waals surface area contributed by atoms with E-state index >= 15 is 0 Å². The predicted octanol–water partition coefficient (Wildman–Crippen LogP) is 3.04. The Morgan fingerprint density at radius 3 is 2.76 bits per heavy atom. The summed E-state index contributed by atoms with van der Waals surface area (Å²) in [5.41, 5.74) is 7.61. The summed E-state index contributed by atoms with van der Waals surface area (Å²) in [5.74, 6) is 0. The summed E-state index contributed by atoms with van der Waals surface area (Å²) in [6, 6.07) is 8.06. The Morgan fingerprint density at radius 1 is 1.41 bits per heavy atom. The Bertz CT molecular complexity index is 374. The van der Waals surface area contributed by atoms with Gasteiger partial charge in [-0.1, -0.05) is 23.7 Å². The molecule has 0 heterocycles. The van der Waals surface area contributed by atoms with Gasteiger partial charge < -0.3 is 10.6 Å². The minimum Gasteiger partial charge on any atom is -0.325 e. The van der Waals surface area contributed by atoms with Gasteiger partial charge in [-0.15, -0.1) is 0 Å². The second-order valence-electron chi connectivity index (χ2n) is 5.33. The first-order valence-electron chi connectivity index (χ1n) is 6.29. The molecule has 94 valence electrons. The van der Waals surface area contributed by atoms with E-state index in [1.54, 1.807) is 0 Å². The SMILES string of the molecule is CN(CCC1(N)CCC1)Cc1cccc(Cl)c1. The normalized spacial score (nSPS) is 18.1. The standard InChI is InChI=1S/C14H21ClN2/c1-17(9-8-14(16)6-3-7-14)11-12-4-2-5-13(15)10-12/h2,4-5,10H,3,6-9,11,16H2,1H3. The van der Waals surface area contributed by atoms with E-state index in [0.717, 1.165) is 24.5 Å². The second kappa shape index (κ2) is 5.38. The molecule has 1 saturated carbocycles. The Morgan fingerprint density at radius 2 is 2.18 bits per heavy atom. The van der Waals surface area contributed by atoms with E-state index in [4.69, 9.17) is 17.3 Å². The summed E-state index contributed by atoms with van der Waals surface area (Å²) in [5, 5.41) is 0.810. The van der Waals surface area contributed by atoms with Gasteiger partial charge >= 0.3 is 0 Å². The van der Waals surface area contributed by atoms with E-state index < -0.39 is 0 Å². The molecule has 2 nitrogen and oxygen atoms in total. The van der Waals surface area contributed by atoms with Crippen LogP contribution in [0.3, 0.4) is 0 Å². The molecule has 0 spiro atoms. The van der Waals surface area contributed by atoms with E-state index in [1.807, 2.05) is 18.2 Å². The largest absolute Gasteiger partial charge is 0.325 e. The third-order valence-corrected chi connectivity index (χ3v) is 3.92. The van der Waals surface area contributed by atoms with Gasteiger partial charge in [-0.25, -0.2) is 0 Å². The molecule has 1 aliphatic rings. The maximum absolute atomic E-state index is 6.22. The molecule has 0 saturated heterocycles. The molecule has 0 aliphatic heterocycles. The molecule has 2 rings (SSSR count). The Balaban J connectivity index is 1.78. The lowest BCUT2D eigenvalue weighted by molar-refractivity contribution is 0.193. The van der Waals surface area contributed by atoms with Crippen molar-refractivity contribution in [2.24, 2.45) is 5.73 Å². The monoisotopic (exact) mass is 252 g/mol. The van der Waals surface area contributed by atoms with Crippen molar-refractivity contribution >= 4 is 11.6 Å². The molecule has 3 heteroatoms. The third-order valence-electron chi connectivity index (χ3n) is 3.68. The van der Waals surface area contributed by atoms with Crippen LogP contribution in [0.25, 0.3) is 0 Å². The molecule has 0 aromatic heterocycles. The zero-order chi connectivity index (χ0) is 12.3. The first kappa shape index (κ1) is 12.9. The highest BCUT2D eigenvalue weighted by Crippen LogP contribution is 2.32.